The molecular formula is C21H24N2O3S2. The lowest BCUT2D eigenvalue weighted by Gasteiger charge is -2.26. The number of thioether (sulfide) groups is 1. The predicted molar refractivity (Wildman–Crippen MR) is 113 cm³/mol. The first-order chi connectivity index (χ1) is 13.4. The van der Waals surface area contributed by atoms with E-state index in [1.54, 1.807) is 23.5 Å². The molecule has 0 atom stereocenters. The third-order valence-corrected chi connectivity index (χ3v) is 6.27. The second kappa shape index (κ2) is 10.3. The maximum absolute atomic E-state index is 12.5. The normalized spacial score (nSPS) is 10.9. The van der Waals surface area contributed by atoms with Crippen LogP contribution < -0.4 is 5.32 Å². The maximum Gasteiger partial charge on any atom is 0.339 e. The average molecular weight is 417 g/mol. The smallest absolute Gasteiger partial charge is 0.339 e. The van der Waals surface area contributed by atoms with Gasteiger partial charge in [-0.05, 0) is 31.9 Å². The first kappa shape index (κ1) is 22.0. The van der Waals surface area contributed by atoms with Crippen molar-refractivity contribution in [1.82, 2.24) is 10.3 Å². The molecule has 1 N–H and O–H groups in total. The van der Waals surface area contributed by atoms with Gasteiger partial charge >= 0.3 is 5.97 Å². The highest BCUT2D eigenvalue weighted by molar-refractivity contribution is 7.98. The number of carbonyl (C=O) groups is 2. The first-order valence-electron chi connectivity index (χ1n) is 9.01. The second-order valence-corrected chi connectivity index (χ2v) is 8.28. The summed E-state index contributed by atoms with van der Waals surface area (Å²) in [5, 5.41) is 5.80. The van der Waals surface area contributed by atoms with Crippen LogP contribution in [-0.4, -0.2) is 29.0 Å². The molecule has 0 aliphatic rings. The van der Waals surface area contributed by atoms with Gasteiger partial charge in [-0.1, -0.05) is 31.9 Å². The number of hydrogen-bond acceptors (Lipinski definition) is 6. The molecule has 2 aromatic rings. The van der Waals surface area contributed by atoms with E-state index in [1.807, 2.05) is 38.3 Å². The summed E-state index contributed by atoms with van der Waals surface area (Å²) >= 11 is 3.11. The zero-order valence-corrected chi connectivity index (χ0v) is 17.9. The van der Waals surface area contributed by atoms with E-state index in [-0.39, 0.29) is 6.61 Å². The van der Waals surface area contributed by atoms with Gasteiger partial charge in [0.15, 0.2) is 6.61 Å². The number of nitrogens with one attached hydrogen (secondary N) is 1. The molecule has 0 radical (unpaired) electrons. The largest absolute Gasteiger partial charge is 0.452 e. The Morgan fingerprint density at radius 3 is 2.64 bits per heavy atom. The minimum atomic E-state index is -0.705. The molecule has 0 saturated carbocycles. The Bertz CT molecular complexity index is 867. The molecule has 28 heavy (non-hydrogen) atoms. The van der Waals surface area contributed by atoms with Crippen molar-refractivity contribution >= 4 is 35.0 Å². The lowest BCUT2D eigenvalue weighted by molar-refractivity contribution is -0.125. The average Bonchev–Trinajstić information content (AvgIpc) is 3.14. The summed E-state index contributed by atoms with van der Waals surface area (Å²) in [6.45, 7) is 5.41. The molecule has 5 nitrogen and oxygen atoms in total. The van der Waals surface area contributed by atoms with Crippen molar-refractivity contribution in [2.45, 2.75) is 49.8 Å². The number of hydrogen-bond donors (Lipinski definition) is 1. The number of esters is 1. The van der Waals surface area contributed by atoms with Gasteiger partial charge in [0.05, 0.1) is 16.3 Å². The minimum absolute atomic E-state index is 0.369. The van der Waals surface area contributed by atoms with Crippen molar-refractivity contribution in [2.75, 3.05) is 6.61 Å². The minimum Gasteiger partial charge on any atom is -0.452 e. The molecule has 0 fully saturated rings. The van der Waals surface area contributed by atoms with Crippen LogP contribution in [0.3, 0.4) is 0 Å². The molecule has 148 valence electrons. The molecule has 0 spiro atoms. The predicted octanol–water partition coefficient (Wildman–Crippen LogP) is 4.21. The van der Waals surface area contributed by atoms with Crippen molar-refractivity contribution in [3.8, 4) is 12.3 Å². The Balaban J connectivity index is 1.97. The number of thiazole rings is 1. The summed E-state index contributed by atoms with van der Waals surface area (Å²) in [7, 11) is 0. The SMILES string of the molecule is C#CC(CC)(CC)NC(=O)COC(=O)c1ccccc1SCc1csc(C)n1. The number of rotatable bonds is 9. The van der Waals surface area contributed by atoms with E-state index in [2.05, 4.69) is 16.2 Å². The molecular weight excluding hydrogens is 392 g/mol. The lowest BCUT2D eigenvalue weighted by atomic mass is 9.94. The van der Waals surface area contributed by atoms with Crippen LogP contribution in [0.2, 0.25) is 0 Å². The highest BCUT2D eigenvalue weighted by atomic mass is 32.2. The van der Waals surface area contributed by atoms with Crippen LogP contribution >= 0.6 is 23.1 Å². The van der Waals surface area contributed by atoms with Gasteiger partial charge in [0.1, 0.15) is 5.54 Å². The summed E-state index contributed by atoms with van der Waals surface area (Å²) < 4.78 is 5.22. The first-order valence-corrected chi connectivity index (χ1v) is 10.9. The molecule has 7 heteroatoms. The third kappa shape index (κ3) is 5.85. The molecule has 0 unspecified atom stereocenters. The van der Waals surface area contributed by atoms with E-state index >= 15 is 0 Å². The molecule has 0 saturated heterocycles. The number of ether oxygens (including phenoxy) is 1. The summed E-state index contributed by atoms with van der Waals surface area (Å²) in [4.78, 5) is 29.9. The molecule has 1 aromatic heterocycles. The summed E-state index contributed by atoms with van der Waals surface area (Å²) in [5.41, 5.74) is 0.698. The van der Waals surface area contributed by atoms with Gasteiger partial charge in [0.25, 0.3) is 5.91 Å². The van der Waals surface area contributed by atoms with Crippen LogP contribution in [0.25, 0.3) is 0 Å². The van der Waals surface area contributed by atoms with E-state index in [1.165, 1.54) is 11.8 Å². The summed E-state index contributed by atoms with van der Waals surface area (Å²) in [6, 6.07) is 7.18. The number of carbonyl (C=O) groups excluding carboxylic acids is 2. The Morgan fingerprint density at radius 1 is 1.32 bits per heavy atom. The summed E-state index contributed by atoms with van der Waals surface area (Å²) in [5.74, 6) is 2.35. The highest BCUT2D eigenvalue weighted by Crippen LogP contribution is 2.27. The van der Waals surface area contributed by atoms with E-state index < -0.39 is 17.4 Å². The molecule has 1 amide bonds. The Labute approximate surface area is 174 Å². The van der Waals surface area contributed by atoms with E-state index in [9.17, 15) is 9.59 Å². The van der Waals surface area contributed by atoms with Crippen LogP contribution in [0.1, 0.15) is 47.7 Å². The van der Waals surface area contributed by atoms with Gasteiger partial charge in [-0.3, -0.25) is 4.79 Å². The molecule has 0 aliphatic carbocycles. The van der Waals surface area contributed by atoms with Crippen molar-refractivity contribution in [3.63, 3.8) is 0 Å². The van der Waals surface area contributed by atoms with Crippen molar-refractivity contribution < 1.29 is 14.3 Å². The fraction of sp³-hybridized carbons (Fsp3) is 0.381. The standard InChI is InChI=1S/C21H24N2O3S2/c1-5-21(6-2,7-3)23-19(24)12-26-20(25)17-10-8-9-11-18(17)28-14-16-13-27-15(4)22-16/h1,8-11,13H,6-7,12,14H2,2-4H3,(H,23,24). The van der Waals surface area contributed by atoms with E-state index in [0.717, 1.165) is 15.6 Å². The molecule has 2 rings (SSSR count). The number of aryl methyl sites for hydroxylation is 1. The number of amides is 1. The fourth-order valence-corrected chi connectivity index (χ4v) is 4.22. The Morgan fingerprint density at radius 2 is 2.04 bits per heavy atom. The third-order valence-electron chi connectivity index (χ3n) is 4.35. The Hall–Kier alpha value is -2.30. The van der Waals surface area contributed by atoms with E-state index in [0.29, 0.717) is 24.2 Å². The zero-order chi connectivity index (χ0) is 20.6. The number of aromatic nitrogens is 1. The van der Waals surface area contributed by atoms with Crippen molar-refractivity contribution in [3.05, 3.63) is 45.9 Å². The van der Waals surface area contributed by atoms with Gasteiger partial charge in [-0.15, -0.1) is 29.5 Å². The van der Waals surface area contributed by atoms with Gasteiger partial charge < -0.3 is 10.1 Å². The number of benzene rings is 1. The van der Waals surface area contributed by atoms with Crippen LogP contribution in [0.4, 0.5) is 0 Å². The van der Waals surface area contributed by atoms with Gasteiger partial charge in [0, 0.05) is 16.0 Å². The fourth-order valence-electron chi connectivity index (χ4n) is 2.57. The van der Waals surface area contributed by atoms with Crippen LogP contribution in [0.15, 0.2) is 34.5 Å². The van der Waals surface area contributed by atoms with Crippen molar-refractivity contribution in [1.29, 1.82) is 0 Å². The zero-order valence-electron chi connectivity index (χ0n) is 16.3. The van der Waals surface area contributed by atoms with Gasteiger partial charge in [-0.2, -0.15) is 0 Å². The van der Waals surface area contributed by atoms with Crippen LogP contribution in [0, 0.1) is 19.3 Å². The topological polar surface area (TPSA) is 68.3 Å². The van der Waals surface area contributed by atoms with Crippen molar-refractivity contribution in [2.24, 2.45) is 0 Å². The molecule has 1 aromatic carbocycles. The summed E-state index contributed by atoms with van der Waals surface area (Å²) in [6.07, 6.45) is 6.76. The second-order valence-electron chi connectivity index (χ2n) is 6.20. The highest BCUT2D eigenvalue weighted by Gasteiger charge is 2.26. The molecule has 0 bridgehead atoms. The maximum atomic E-state index is 12.5. The monoisotopic (exact) mass is 416 g/mol. The lowest BCUT2D eigenvalue weighted by Crippen LogP contribution is -2.48. The van der Waals surface area contributed by atoms with Crippen LogP contribution in [0.5, 0.6) is 0 Å². The quantitative estimate of drug-likeness (QED) is 0.377. The number of nitrogens with zero attached hydrogens (tertiary/aromatic N) is 1. The van der Waals surface area contributed by atoms with Gasteiger partial charge in [0.2, 0.25) is 0 Å². The molecule has 1 heterocycles. The van der Waals surface area contributed by atoms with Gasteiger partial charge in [-0.25, -0.2) is 9.78 Å². The Kier molecular flexibility index (Phi) is 8.09. The number of terminal acetylenes is 1. The molecule has 0 aliphatic heterocycles. The van der Waals surface area contributed by atoms with Crippen LogP contribution in [-0.2, 0) is 15.3 Å². The van der Waals surface area contributed by atoms with E-state index in [4.69, 9.17) is 11.2 Å².